The Bertz CT molecular complexity index is 3350. The third kappa shape index (κ3) is 4.22. The topological polar surface area (TPSA) is 21.3 Å². The van der Waals surface area contributed by atoms with Crippen LogP contribution in [-0.2, 0) is 5.41 Å². The van der Waals surface area contributed by atoms with Crippen molar-refractivity contribution in [2.24, 2.45) is 23.7 Å². The van der Waals surface area contributed by atoms with Crippen LogP contribution in [0.3, 0.4) is 0 Å². The van der Waals surface area contributed by atoms with Crippen molar-refractivity contribution in [3.63, 3.8) is 0 Å². The van der Waals surface area contributed by atoms with Gasteiger partial charge in [0.05, 0.1) is 28.1 Å². The number of furan rings is 1. The maximum atomic E-state index is 6.61. The third-order valence-electron chi connectivity index (χ3n) is 15.3. The number of hydrogen-bond donors (Lipinski definition) is 0. The molecular formula is C56H42N2O. The van der Waals surface area contributed by atoms with Gasteiger partial charge in [0.25, 0.3) is 0 Å². The molecule has 0 amide bonds. The maximum absolute atomic E-state index is 6.61. The Morgan fingerprint density at radius 1 is 0.525 bits per heavy atom. The molecule has 3 nitrogen and oxygen atoms in total. The number of nitrogens with zero attached hydrogens (tertiary/aromatic N) is 2. The van der Waals surface area contributed by atoms with Crippen LogP contribution in [0, 0.1) is 23.7 Å². The van der Waals surface area contributed by atoms with Gasteiger partial charge in [0.1, 0.15) is 11.2 Å². The highest BCUT2D eigenvalue weighted by molar-refractivity contribution is 6.19. The summed E-state index contributed by atoms with van der Waals surface area (Å²) >= 11 is 0. The van der Waals surface area contributed by atoms with Gasteiger partial charge in [0.15, 0.2) is 0 Å². The summed E-state index contributed by atoms with van der Waals surface area (Å²) < 4.78 is 9.26. The van der Waals surface area contributed by atoms with Gasteiger partial charge in [0, 0.05) is 43.6 Å². The van der Waals surface area contributed by atoms with Crippen LogP contribution in [0.5, 0.6) is 0 Å². The molecule has 59 heavy (non-hydrogen) atoms. The zero-order valence-electron chi connectivity index (χ0n) is 32.8. The molecule has 282 valence electrons. The molecule has 4 aliphatic carbocycles. The van der Waals surface area contributed by atoms with Crippen molar-refractivity contribution in [1.29, 1.82) is 0 Å². The summed E-state index contributed by atoms with van der Waals surface area (Å²) in [6, 6.07) is 63.5. The first-order valence-electron chi connectivity index (χ1n) is 21.7. The summed E-state index contributed by atoms with van der Waals surface area (Å²) in [5, 5.41) is 7.42. The molecule has 2 aromatic heterocycles. The molecule has 0 saturated heterocycles. The van der Waals surface area contributed by atoms with Gasteiger partial charge in [0.2, 0.25) is 0 Å². The molecule has 1 spiro atoms. The van der Waals surface area contributed by atoms with Crippen LogP contribution in [0.2, 0.25) is 0 Å². The summed E-state index contributed by atoms with van der Waals surface area (Å²) in [4.78, 5) is 2.56. The monoisotopic (exact) mass is 758 g/mol. The normalized spacial score (nSPS) is 22.6. The highest BCUT2D eigenvalue weighted by atomic mass is 16.3. The van der Waals surface area contributed by atoms with Gasteiger partial charge in [-0.1, -0.05) is 127 Å². The molecule has 3 heteroatoms. The lowest BCUT2D eigenvalue weighted by atomic mass is 9.41. The van der Waals surface area contributed by atoms with E-state index in [1.54, 1.807) is 11.1 Å². The van der Waals surface area contributed by atoms with Crippen molar-refractivity contribution in [3.05, 3.63) is 181 Å². The zero-order chi connectivity index (χ0) is 38.4. The lowest BCUT2D eigenvalue weighted by Gasteiger charge is -2.63. The summed E-state index contributed by atoms with van der Waals surface area (Å²) in [5.41, 5.74) is 14.8. The van der Waals surface area contributed by atoms with Crippen molar-refractivity contribution in [3.8, 4) is 16.8 Å². The SMILES string of the molecule is c1cc(-c2cccc3c2oc2ccccc23)cc(N(c2cccc3ccccc23)c2ccc3c4c2c2ccccc2n4-c2ccccc2C32C3CC4CC(C3)CC2C4)c1. The second-order valence-electron chi connectivity index (χ2n) is 18.1. The number of para-hydroxylation sites is 4. The first-order valence-corrected chi connectivity index (χ1v) is 21.7. The molecular weight excluding hydrogens is 717 g/mol. The van der Waals surface area contributed by atoms with E-state index in [-0.39, 0.29) is 5.41 Å². The Labute approximate surface area is 343 Å². The van der Waals surface area contributed by atoms with E-state index in [1.165, 1.54) is 81.7 Å². The lowest BCUT2D eigenvalue weighted by molar-refractivity contribution is -0.0418. The quantitative estimate of drug-likeness (QED) is 0.178. The van der Waals surface area contributed by atoms with Crippen LogP contribution in [0.1, 0.15) is 43.2 Å². The first kappa shape index (κ1) is 32.4. The average Bonchev–Trinajstić information content (AvgIpc) is 3.84. The summed E-state index contributed by atoms with van der Waals surface area (Å²) in [7, 11) is 0. The maximum Gasteiger partial charge on any atom is 0.143 e. The van der Waals surface area contributed by atoms with Crippen LogP contribution in [0.15, 0.2) is 174 Å². The Hall–Kier alpha value is -6.58. The number of aromatic nitrogens is 1. The van der Waals surface area contributed by atoms with Crippen molar-refractivity contribution in [2.45, 2.75) is 37.5 Å². The van der Waals surface area contributed by atoms with Gasteiger partial charge in [-0.2, -0.15) is 0 Å². The van der Waals surface area contributed by atoms with Crippen LogP contribution in [0.4, 0.5) is 17.1 Å². The number of anilines is 3. The Morgan fingerprint density at radius 3 is 2.10 bits per heavy atom. The van der Waals surface area contributed by atoms with E-state index in [4.69, 9.17) is 4.42 Å². The zero-order valence-corrected chi connectivity index (χ0v) is 32.8. The number of fused-ring (bicyclic) bond motifs is 9. The third-order valence-corrected chi connectivity index (χ3v) is 15.3. The minimum atomic E-state index is 0.0284. The van der Waals surface area contributed by atoms with Gasteiger partial charge in [-0.05, 0) is 120 Å². The van der Waals surface area contributed by atoms with Crippen LogP contribution in [0.25, 0.3) is 71.3 Å². The molecule has 3 heterocycles. The predicted octanol–water partition coefficient (Wildman–Crippen LogP) is 15.0. The summed E-state index contributed by atoms with van der Waals surface area (Å²) in [6.45, 7) is 0. The molecule has 4 saturated carbocycles. The Kier molecular flexibility index (Phi) is 6.46. The van der Waals surface area contributed by atoms with Crippen molar-refractivity contribution >= 4 is 71.6 Å². The molecule has 4 fully saturated rings. The Balaban J connectivity index is 1.08. The van der Waals surface area contributed by atoms with E-state index >= 15 is 0 Å². The molecule has 8 aromatic carbocycles. The van der Waals surface area contributed by atoms with Crippen molar-refractivity contribution < 1.29 is 4.42 Å². The predicted molar refractivity (Wildman–Crippen MR) is 244 cm³/mol. The fraction of sp³-hybridized carbons (Fsp3) is 0.179. The van der Waals surface area contributed by atoms with Gasteiger partial charge in [-0.25, -0.2) is 0 Å². The van der Waals surface area contributed by atoms with Crippen LogP contribution in [-0.4, -0.2) is 4.57 Å². The summed E-state index contributed by atoms with van der Waals surface area (Å²) in [5.74, 6) is 3.12. The van der Waals surface area contributed by atoms with E-state index in [1.807, 2.05) is 0 Å². The van der Waals surface area contributed by atoms with Gasteiger partial charge in [-0.15, -0.1) is 0 Å². The molecule has 0 radical (unpaired) electrons. The van der Waals surface area contributed by atoms with Crippen LogP contribution >= 0.6 is 0 Å². The van der Waals surface area contributed by atoms with Gasteiger partial charge < -0.3 is 13.9 Å². The smallest absolute Gasteiger partial charge is 0.143 e. The van der Waals surface area contributed by atoms with E-state index in [0.29, 0.717) is 11.8 Å². The number of hydrogen-bond acceptors (Lipinski definition) is 2. The molecule has 0 unspecified atom stereocenters. The molecule has 4 bridgehead atoms. The second-order valence-corrected chi connectivity index (χ2v) is 18.1. The number of benzene rings is 8. The second kappa shape index (κ2) is 11.8. The fourth-order valence-electron chi connectivity index (χ4n) is 13.4. The van der Waals surface area contributed by atoms with Crippen molar-refractivity contribution in [1.82, 2.24) is 4.57 Å². The standard InChI is InChI=1S/C56H42N2O/c1-2-16-41-36(12-1)13-10-24-48(41)57(40-15-9-14-37(33-40)42-19-11-20-44-43-17-4-8-25-52(43)59-55(42)44)51-27-26-47-54-53(51)45-18-3-6-22-49(45)58(54)50-23-7-5-21-46(50)56(47)38-29-34-28-35(31-38)32-39(56)30-34/h1-27,33-35,38-39H,28-32H2. The van der Waals surface area contributed by atoms with E-state index < -0.39 is 0 Å². The molecule has 0 atom stereocenters. The largest absolute Gasteiger partial charge is 0.455 e. The molecule has 0 N–H and O–H groups in total. The van der Waals surface area contributed by atoms with Crippen molar-refractivity contribution in [2.75, 3.05) is 4.90 Å². The van der Waals surface area contributed by atoms with E-state index in [9.17, 15) is 0 Å². The highest BCUT2D eigenvalue weighted by Crippen LogP contribution is 2.68. The van der Waals surface area contributed by atoms with E-state index in [0.717, 1.165) is 50.6 Å². The lowest BCUT2D eigenvalue weighted by Crippen LogP contribution is -2.57. The Morgan fingerprint density at radius 2 is 1.22 bits per heavy atom. The minimum absolute atomic E-state index is 0.0284. The fourth-order valence-corrected chi connectivity index (χ4v) is 13.4. The molecule has 1 aliphatic heterocycles. The minimum Gasteiger partial charge on any atom is -0.455 e. The van der Waals surface area contributed by atoms with Crippen LogP contribution < -0.4 is 4.90 Å². The average molecular weight is 759 g/mol. The van der Waals surface area contributed by atoms with E-state index in [2.05, 4.69) is 179 Å². The first-order chi connectivity index (χ1) is 29.2. The summed E-state index contributed by atoms with van der Waals surface area (Å²) in [6.07, 6.45) is 6.88. The highest BCUT2D eigenvalue weighted by Gasteiger charge is 2.61. The molecule has 10 aromatic rings. The molecule has 5 aliphatic rings. The van der Waals surface area contributed by atoms with Gasteiger partial charge >= 0.3 is 0 Å². The number of rotatable bonds is 4. The van der Waals surface area contributed by atoms with Gasteiger partial charge in [-0.3, -0.25) is 0 Å². The molecule has 15 rings (SSSR count).